The fraction of sp³-hybridized carbons (Fsp3) is 0.333. The van der Waals surface area contributed by atoms with Crippen molar-refractivity contribution >= 4 is 0 Å². The van der Waals surface area contributed by atoms with Crippen LogP contribution >= 0.6 is 0 Å². The summed E-state index contributed by atoms with van der Waals surface area (Å²) in [5.41, 5.74) is 1.12. The summed E-state index contributed by atoms with van der Waals surface area (Å²) in [6.45, 7) is 4.19. The number of ether oxygens (including phenoxy) is 2. The third-order valence-electron chi connectivity index (χ3n) is 2.83. The maximum atomic E-state index is 5.75. The second kappa shape index (κ2) is 6.85. The Morgan fingerprint density at radius 1 is 1.16 bits per heavy atom. The molecule has 102 valence electrons. The molecule has 0 fully saturated rings. The number of methoxy groups -OCH3 is 1. The van der Waals surface area contributed by atoms with Crippen molar-refractivity contribution in [1.82, 2.24) is 5.32 Å². The largest absolute Gasteiger partial charge is 0.493 e. The Kier molecular flexibility index (Phi) is 4.86. The molecule has 2 aromatic rings. The van der Waals surface area contributed by atoms with E-state index in [2.05, 4.69) is 12.2 Å². The topological polar surface area (TPSA) is 43.6 Å². The quantitative estimate of drug-likeness (QED) is 0.832. The van der Waals surface area contributed by atoms with Crippen molar-refractivity contribution in [1.29, 1.82) is 0 Å². The fourth-order valence-corrected chi connectivity index (χ4v) is 1.79. The van der Waals surface area contributed by atoms with Crippen molar-refractivity contribution in [3.05, 3.63) is 47.9 Å². The lowest BCUT2D eigenvalue weighted by molar-refractivity contribution is 0.254. The van der Waals surface area contributed by atoms with E-state index >= 15 is 0 Å². The standard InChI is InChI=1S/C15H19NO3/c1-3-16-10-12-8-9-18-15(12)11-19-14-7-5-4-6-13(14)17-2/h4-9,16H,3,10-11H2,1-2H3. The maximum absolute atomic E-state index is 5.75. The van der Waals surface area contributed by atoms with Crippen LogP contribution in [0.15, 0.2) is 41.0 Å². The van der Waals surface area contributed by atoms with Crippen LogP contribution in [0.3, 0.4) is 0 Å². The van der Waals surface area contributed by atoms with E-state index in [1.807, 2.05) is 30.3 Å². The van der Waals surface area contributed by atoms with Gasteiger partial charge in [-0.3, -0.25) is 0 Å². The first kappa shape index (κ1) is 13.5. The minimum atomic E-state index is 0.397. The first-order valence-corrected chi connectivity index (χ1v) is 6.37. The van der Waals surface area contributed by atoms with Gasteiger partial charge in [-0.1, -0.05) is 19.1 Å². The Hall–Kier alpha value is -1.94. The molecule has 4 heteroatoms. The lowest BCUT2D eigenvalue weighted by Gasteiger charge is -2.10. The summed E-state index contributed by atoms with van der Waals surface area (Å²) in [5.74, 6) is 2.28. The van der Waals surface area contributed by atoms with Gasteiger partial charge in [0.15, 0.2) is 11.5 Å². The van der Waals surface area contributed by atoms with Crippen LogP contribution in [-0.4, -0.2) is 13.7 Å². The maximum Gasteiger partial charge on any atom is 0.161 e. The molecule has 1 heterocycles. The molecular formula is C15H19NO3. The molecule has 4 nitrogen and oxygen atoms in total. The van der Waals surface area contributed by atoms with E-state index in [4.69, 9.17) is 13.9 Å². The van der Waals surface area contributed by atoms with Gasteiger partial charge in [0.05, 0.1) is 13.4 Å². The molecule has 1 aromatic heterocycles. The minimum Gasteiger partial charge on any atom is -0.493 e. The number of para-hydroxylation sites is 2. The number of hydrogen-bond acceptors (Lipinski definition) is 4. The molecule has 0 aliphatic carbocycles. The van der Waals surface area contributed by atoms with E-state index in [1.165, 1.54) is 0 Å². The van der Waals surface area contributed by atoms with Crippen molar-refractivity contribution in [2.24, 2.45) is 0 Å². The smallest absolute Gasteiger partial charge is 0.161 e. The summed E-state index contributed by atoms with van der Waals surface area (Å²) in [6.07, 6.45) is 1.69. The van der Waals surface area contributed by atoms with Gasteiger partial charge in [-0.05, 0) is 24.7 Å². The van der Waals surface area contributed by atoms with Gasteiger partial charge in [0, 0.05) is 12.1 Å². The van der Waals surface area contributed by atoms with Crippen LogP contribution in [0.5, 0.6) is 11.5 Å². The van der Waals surface area contributed by atoms with Gasteiger partial charge in [-0.25, -0.2) is 0 Å². The Balaban J connectivity index is 2.00. The molecule has 19 heavy (non-hydrogen) atoms. The SMILES string of the molecule is CCNCc1ccoc1COc1ccccc1OC. The highest BCUT2D eigenvalue weighted by molar-refractivity contribution is 5.39. The van der Waals surface area contributed by atoms with E-state index < -0.39 is 0 Å². The monoisotopic (exact) mass is 261 g/mol. The van der Waals surface area contributed by atoms with Gasteiger partial charge in [-0.15, -0.1) is 0 Å². The highest BCUT2D eigenvalue weighted by atomic mass is 16.5. The zero-order chi connectivity index (χ0) is 13.5. The second-order valence-corrected chi connectivity index (χ2v) is 4.09. The molecule has 0 aliphatic heterocycles. The molecule has 1 aromatic carbocycles. The van der Waals surface area contributed by atoms with E-state index in [9.17, 15) is 0 Å². The van der Waals surface area contributed by atoms with Crippen LogP contribution in [0.2, 0.25) is 0 Å². The van der Waals surface area contributed by atoms with Crippen LogP contribution in [-0.2, 0) is 13.2 Å². The molecule has 1 N–H and O–H groups in total. The lowest BCUT2D eigenvalue weighted by Crippen LogP contribution is -2.12. The minimum absolute atomic E-state index is 0.397. The van der Waals surface area contributed by atoms with Crippen molar-refractivity contribution < 1.29 is 13.9 Å². The highest BCUT2D eigenvalue weighted by Gasteiger charge is 2.08. The molecule has 0 atom stereocenters. The van der Waals surface area contributed by atoms with Gasteiger partial charge >= 0.3 is 0 Å². The summed E-state index contributed by atoms with van der Waals surface area (Å²) in [5, 5.41) is 3.27. The Labute approximate surface area is 113 Å². The molecule has 0 aliphatic rings. The summed E-state index contributed by atoms with van der Waals surface area (Å²) in [7, 11) is 1.63. The van der Waals surface area contributed by atoms with Crippen LogP contribution in [0.25, 0.3) is 0 Å². The van der Waals surface area contributed by atoms with Gasteiger partial charge in [0.2, 0.25) is 0 Å². The third kappa shape index (κ3) is 3.51. The van der Waals surface area contributed by atoms with E-state index in [-0.39, 0.29) is 0 Å². The molecule has 0 spiro atoms. The number of hydrogen-bond donors (Lipinski definition) is 1. The van der Waals surface area contributed by atoms with E-state index in [0.29, 0.717) is 6.61 Å². The lowest BCUT2D eigenvalue weighted by atomic mass is 10.2. The Morgan fingerprint density at radius 3 is 2.68 bits per heavy atom. The molecule has 0 saturated carbocycles. The van der Waals surface area contributed by atoms with Crippen molar-refractivity contribution in [3.8, 4) is 11.5 Å². The number of benzene rings is 1. The normalized spacial score (nSPS) is 10.4. The fourth-order valence-electron chi connectivity index (χ4n) is 1.79. The molecule has 0 bridgehead atoms. The zero-order valence-electron chi connectivity index (χ0n) is 11.3. The third-order valence-corrected chi connectivity index (χ3v) is 2.83. The van der Waals surface area contributed by atoms with Crippen molar-refractivity contribution in [2.45, 2.75) is 20.1 Å². The van der Waals surface area contributed by atoms with Gasteiger partial charge in [-0.2, -0.15) is 0 Å². The van der Waals surface area contributed by atoms with Gasteiger partial charge in [0.25, 0.3) is 0 Å². The number of furan rings is 1. The Bertz CT molecular complexity index is 508. The summed E-state index contributed by atoms with van der Waals surface area (Å²) < 4.78 is 16.4. The average molecular weight is 261 g/mol. The number of nitrogens with one attached hydrogen (secondary N) is 1. The van der Waals surface area contributed by atoms with Crippen LogP contribution < -0.4 is 14.8 Å². The van der Waals surface area contributed by atoms with Crippen molar-refractivity contribution in [3.63, 3.8) is 0 Å². The zero-order valence-corrected chi connectivity index (χ0v) is 11.3. The number of rotatable bonds is 7. The summed E-state index contributed by atoms with van der Waals surface area (Å²) >= 11 is 0. The molecule has 0 unspecified atom stereocenters. The first-order valence-electron chi connectivity index (χ1n) is 6.37. The molecule has 0 saturated heterocycles. The highest BCUT2D eigenvalue weighted by Crippen LogP contribution is 2.27. The molecule has 0 amide bonds. The average Bonchev–Trinajstić information content (AvgIpc) is 2.90. The van der Waals surface area contributed by atoms with Crippen LogP contribution in [0.1, 0.15) is 18.2 Å². The van der Waals surface area contributed by atoms with Gasteiger partial charge in [0.1, 0.15) is 12.4 Å². The Morgan fingerprint density at radius 2 is 1.95 bits per heavy atom. The van der Waals surface area contributed by atoms with E-state index in [1.54, 1.807) is 13.4 Å². The van der Waals surface area contributed by atoms with Gasteiger partial charge < -0.3 is 19.2 Å². The molecule has 2 rings (SSSR count). The summed E-state index contributed by atoms with van der Waals surface area (Å²) in [6, 6.07) is 9.54. The summed E-state index contributed by atoms with van der Waals surface area (Å²) in [4.78, 5) is 0. The molecule has 0 radical (unpaired) electrons. The molecular weight excluding hydrogens is 242 g/mol. The predicted molar refractivity (Wildman–Crippen MR) is 73.4 cm³/mol. The first-order chi connectivity index (χ1) is 9.35. The second-order valence-electron chi connectivity index (χ2n) is 4.09. The van der Waals surface area contributed by atoms with Crippen molar-refractivity contribution in [2.75, 3.05) is 13.7 Å². The van der Waals surface area contributed by atoms with Crippen LogP contribution in [0.4, 0.5) is 0 Å². The predicted octanol–water partition coefficient (Wildman–Crippen LogP) is 2.98. The van der Waals surface area contributed by atoms with E-state index in [0.717, 1.165) is 35.9 Å². The van der Waals surface area contributed by atoms with Crippen LogP contribution in [0, 0.1) is 0 Å².